The summed E-state index contributed by atoms with van der Waals surface area (Å²) in [4.78, 5) is 3.94. The van der Waals surface area contributed by atoms with Gasteiger partial charge in [0.25, 0.3) is 0 Å². The summed E-state index contributed by atoms with van der Waals surface area (Å²) in [6.45, 7) is 3.73. The zero-order chi connectivity index (χ0) is 5.28. The molecule has 1 heterocycles. The van der Waals surface area contributed by atoms with Gasteiger partial charge >= 0.3 is 0 Å². The smallest absolute Gasteiger partial charge is 0.191 e. The maximum atomic E-state index is 4.85. The highest BCUT2D eigenvalue weighted by Gasteiger charge is 1.87. The number of rotatable bonds is 0. The first-order valence-electron chi connectivity index (χ1n) is 2.18. The number of oxazole rings is 1. The van der Waals surface area contributed by atoms with Crippen LogP contribution in [0.1, 0.15) is 11.6 Å². The third kappa shape index (κ3) is 0.796. The number of nitrogens with zero attached hydrogens (tertiary/aromatic N) is 1. The Hall–Kier alpha value is -0.790. The Bertz CT molecular complexity index is 140. The van der Waals surface area contributed by atoms with Gasteiger partial charge < -0.3 is 4.42 Å². The van der Waals surface area contributed by atoms with Crippen LogP contribution in [0.3, 0.4) is 0 Å². The first kappa shape index (κ1) is 4.37. The molecule has 0 saturated carbocycles. The first-order valence-corrected chi connectivity index (χ1v) is 2.18. The summed E-state index contributed by atoms with van der Waals surface area (Å²) in [6, 6.07) is 0. The van der Waals surface area contributed by atoms with Gasteiger partial charge in [0, 0.05) is 6.92 Å². The molecule has 7 heavy (non-hydrogen) atoms. The second-order valence-electron chi connectivity index (χ2n) is 1.51. The molecule has 0 aliphatic carbocycles. The minimum atomic E-state index is 0.734. The van der Waals surface area contributed by atoms with E-state index in [-0.39, 0.29) is 0 Å². The normalized spacial score (nSPS) is 9.43. The fraction of sp³-hybridized carbons (Fsp3) is 0.400. The second kappa shape index (κ2) is 1.37. The summed E-state index contributed by atoms with van der Waals surface area (Å²) in [6.07, 6.45) is 1.63. The highest BCUT2D eigenvalue weighted by atomic mass is 16.3. The van der Waals surface area contributed by atoms with E-state index in [0.717, 1.165) is 11.6 Å². The summed E-state index contributed by atoms with van der Waals surface area (Å²) >= 11 is 0. The monoisotopic (exact) mass is 97.1 g/mol. The summed E-state index contributed by atoms with van der Waals surface area (Å²) in [5.41, 5.74) is 0.942. The van der Waals surface area contributed by atoms with E-state index >= 15 is 0 Å². The summed E-state index contributed by atoms with van der Waals surface area (Å²) in [5.74, 6) is 0.734. The fourth-order valence-electron chi connectivity index (χ4n) is 0.472. The largest absolute Gasteiger partial charge is 0.449 e. The molecule has 0 aliphatic heterocycles. The molecule has 0 amide bonds. The highest BCUT2D eigenvalue weighted by Crippen LogP contribution is 1.95. The molecule has 1 aromatic heterocycles. The molecule has 0 unspecified atom stereocenters. The third-order valence-corrected chi connectivity index (χ3v) is 0.734. The molecule has 0 aromatic carbocycles. The Kier molecular flexibility index (Phi) is 0.855. The Morgan fingerprint density at radius 3 is 2.43 bits per heavy atom. The predicted molar refractivity (Wildman–Crippen MR) is 26.0 cm³/mol. The molecular weight excluding hydrogens is 90.1 g/mol. The Balaban J connectivity index is 3.04. The standard InChI is InChI=1S/C5H7NO/c1-4-3-7-5(2)6-4/h3H,1-2H3. The third-order valence-electron chi connectivity index (χ3n) is 0.734. The Morgan fingerprint density at radius 1 is 1.57 bits per heavy atom. The average Bonchev–Trinajstić information content (AvgIpc) is 1.87. The van der Waals surface area contributed by atoms with Gasteiger partial charge in [-0.25, -0.2) is 4.98 Å². The summed E-state index contributed by atoms with van der Waals surface area (Å²) < 4.78 is 4.85. The van der Waals surface area contributed by atoms with E-state index in [1.54, 1.807) is 6.26 Å². The van der Waals surface area contributed by atoms with Crippen LogP contribution in [0.25, 0.3) is 0 Å². The van der Waals surface area contributed by atoms with Crippen molar-refractivity contribution in [3.63, 3.8) is 0 Å². The first-order chi connectivity index (χ1) is 3.29. The molecule has 0 N–H and O–H groups in total. The van der Waals surface area contributed by atoms with Gasteiger partial charge in [0.05, 0.1) is 5.69 Å². The van der Waals surface area contributed by atoms with Crippen molar-refractivity contribution in [1.82, 2.24) is 4.98 Å². The van der Waals surface area contributed by atoms with E-state index in [1.165, 1.54) is 0 Å². The molecule has 0 spiro atoms. The van der Waals surface area contributed by atoms with Crippen LogP contribution in [0.2, 0.25) is 0 Å². The average molecular weight is 97.1 g/mol. The molecule has 1 aromatic rings. The van der Waals surface area contributed by atoms with Gasteiger partial charge in [-0.2, -0.15) is 0 Å². The number of aromatic nitrogens is 1. The van der Waals surface area contributed by atoms with Crippen molar-refractivity contribution in [2.24, 2.45) is 0 Å². The van der Waals surface area contributed by atoms with Gasteiger partial charge in [-0.15, -0.1) is 0 Å². The molecule has 0 saturated heterocycles. The lowest BCUT2D eigenvalue weighted by Crippen LogP contribution is -1.67. The van der Waals surface area contributed by atoms with Crippen molar-refractivity contribution in [2.75, 3.05) is 0 Å². The van der Waals surface area contributed by atoms with E-state index in [1.807, 2.05) is 13.8 Å². The van der Waals surface area contributed by atoms with Crippen molar-refractivity contribution in [3.05, 3.63) is 17.8 Å². The maximum Gasteiger partial charge on any atom is 0.191 e. The van der Waals surface area contributed by atoms with Crippen LogP contribution in [0.5, 0.6) is 0 Å². The number of hydrogen-bond acceptors (Lipinski definition) is 2. The van der Waals surface area contributed by atoms with Gasteiger partial charge in [-0.1, -0.05) is 0 Å². The summed E-state index contributed by atoms with van der Waals surface area (Å²) in [5, 5.41) is 0. The van der Waals surface area contributed by atoms with Crippen molar-refractivity contribution in [2.45, 2.75) is 13.8 Å². The number of aryl methyl sites for hydroxylation is 2. The molecule has 0 atom stereocenters. The van der Waals surface area contributed by atoms with E-state index in [9.17, 15) is 0 Å². The topological polar surface area (TPSA) is 26.0 Å². The minimum absolute atomic E-state index is 0.734. The lowest BCUT2D eigenvalue weighted by molar-refractivity contribution is 0.521. The van der Waals surface area contributed by atoms with Crippen LogP contribution >= 0.6 is 0 Å². The SMILES string of the molecule is Cc1coc(C)n1. The zero-order valence-corrected chi connectivity index (χ0v) is 4.43. The van der Waals surface area contributed by atoms with Crippen LogP contribution in [0.4, 0.5) is 0 Å². The van der Waals surface area contributed by atoms with Crippen molar-refractivity contribution in [1.29, 1.82) is 0 Å². The van der Waals surface area contributed by atoms with Crippen molar-refractivity contribution in [3.8, 4) is 0 Å². The molecule has 0 fully saturated rings. The highest BCUT2D eigenvalue weighted by molar-refractivity contribution is 4.89. The van der Waals surface area contributed by atoms with Crippen molar-refractivity contribution >= 4 is 0 Å². The zero-order valence-electron chi connectivity index (χ0n) is 4.43. The quantitative estimate of drug-likeness (QED) is 0.487. The molecule has 0 aliphatic rings. The van der Waals surface area contributed by atoms with Gasteiger partial charge in [0.2, 0.25) is 0 Å². The van der Waals surface area contributed by atoms with Gasteiger partial charge in [-0.3, -0.25) is 0 Å². The van der Waals surface area contributed by atoms with Gasteiger partial charge in [0.1, 0.15) is 6.26 Å². The van der Waals surface area contributed by atoms with Crippen molar-refractivity contribution < 1.29 is 4.42 Å². The lowest BCUT2D eigenvalue weighted by Gasteiger charge is -1.68. The maximum absolute atomic E-state index is 4.85. The van der Waals surface area contributed by atoms with Gasteiger partial charge in [0.15, 0.2) is 5.89 Å². The van der Waals surface area contributed by atoms with E-state index in [0.29, 0.717) is 0 Å². The summed E-state index contributed by atoms with van der Waals surface area (Å²) in [7, 11) is 0. The molecule has 2 nitrogen and oxygen atoms in total. The van der Waals surface area contributed by atoms with E-state index in [2.05, 4.69) is 4.98 Å². The predicted octanol–water partition coefficient (Wildman–Crippen LogP) is 1.29. The Labute approximate surface area is 42.2 Å². The lowest BCUT2D eigenvalue weighted by atomic mass is 10.6. The molecule has 38 valence electrons. The molecule has 1 rings (SSSR count). The second-order valence-corrected chi connectivity index (χ2v) is 1.51. The Morgan fingerprint density at radius 2 is 2.29 bits per heavy atom. The van der Waals surface area contributed by atoms with Crippen LogP contribution in [0, 0.1) is 13.8 Å². The number of hydrogen-bond donors (Lipinski definition) is 0. The minimum Gasteiger partial charge on any atom is -0.449 e. The van der Waals surface area contributed by atoms with E-state index in [4.69, 9.17) is 4.42 Å². The van der Waals surface area contributed by atoms with E-state index < -0.39 is 0 Å². The van der Waals surface area contributed by atoms with Crippen LogP contribution < -0.4 is 0 Å². The van der Waals surface area contributed by atoms with Crippen LogP contribution in [-0.4, -0.2) is 4.98 Å². The fourth-order valence-corrected chi connectivity index (χ4v) is 0.472. The molecule has 0 bridgehead atoms. The van der Waals surface area contributed by atoms with Gasteiger partial charge in [-0.05, 0) is 6.92 Å². The van der Waals surface area contributed by atoms with Crippen LogP contribution in [0.15, 0.2) is 10.7 Å². The molecule has 2 heteroatoms. The van der Waals surface area contributed by atoms with Crippen LogP contribution in [-0.2, 0) is 0 Å². The molecular formula is C5H7NO. The molecule has 0 radical (unpaired) electrons.